The van der Waals surface area contributed by atoms with Crippen molar-refractivity contribution in [3.8, 4) is 0 Å². The van der Waals surface area contributed by atoms with E-state index in [1.165, 1.54) is 12.1 Å². The van der Waals surface area contributed by atoms with Crippen LogP contribution in [0.2, 0.25) is 5.02 Å². The van der Waals surface area contributed by atoms with Gasteiger partial charge in [0.15, 0.2) is 0 Å². The van der Waals surface area contributed by atoms with Crippen molar-refractivity contribution in [3.63, 3.8) is 0 Å². The van der Waals surface area contributed by atoms with Gasteiger partial charge in [-0.15, -0.1) is 23.1 Å². The van der Waals surface area contributed by atoms with E-state index in [0.29, 0.717) is 5.56 Å². The molecule has 7 heteroatoms. The van der Waals surface area contributed by atoms with Gasteiger partial charge in [-0.3, -0.25) is 4.79 Å². The van der Waals surface area contributed by atoms with Crippen LogP contribution in [0.25, 0.3) is 0 Å². The number of nitrogens with one attached hydrogen (secondary N) is 1. The number of benzene rings is 2. The summed E-state index contributed by atoms with van der Waals surface area (Å²) in [4.78, 5) is 17.4. The first-order chi connectivity index (χ1) is 11.6. The van der Waals surface area contributed by atoms with E-state index in [2.05, 4.69) is 10.3 Å². The molecule has 1 heterocycles. The molecule has 0 fully saturated rings. The van der Waals surface area contributed by atoms with Crippen LogP contribution in [0.4, 0.5) is 10.1 Å². The topological polar surface area (TPSA) is 42.0 Å². The summed E-state index contributed by atoms with van der Waals surface area (Å²) in [6, 6.07) is 11.3. The number of carbonyl (C=O) groups excluding carboxylic acids is 1. The predicted molar refractivity (Wildman–Crippen MR) is 97.5 cm³/mol. The van der Waals surface area contributed by atoms with Gasteiger partial charge < -0.3 is 5.32 Å². The van der Waals surface area contributed by atoms with E-state index in [0.717, 1.165) is 22.4 Å². The molecule has 1 aromatic heterocycles. The SMILES string of the molecule is O=C(Nc1ccc(Cl)cc1F)c1ccc(SCc2cscn2)cc1. The molecule has 1 amide bonds. The molecule has 0 bridgehead atoms. The molecule has 0 saturated carbocycles. The molecule has 3 rings (SSSR count). The highest BCUT2D eigenvalue weighted by Gasteiger charge is 2.10. The Kier molecular flexibility index (Phi) is 5.50. The van der Waals surface area contributed by atoms with Crippen LogP contribution in [0, 0.1) is 5.82 Å². The molecule has 122 valence electrons. The lowest BCUT2D eigenvalue weighted by Gasteiger charge is -2.07. The molecular formula is C17H12ClFN2OS2. The predicted octanol–water partition coefficient (Wildman–Crippen LogP) is 5.48. The minimum Gasteiger partial charge on any atom is -0.319 e. The summed E-state index contributed by atoms with van der Waals surface area (Å²) >= 11 is 8.91. The monoisotopic (exact) mass is 378 g/mol. The highest BCUT2D eigenvalue weighted by molar-refractivity contribution is 7.98. The summed E-state index contributed by atoms with van der Waals surface area (Å²) in [6.45, 7) is 0. The Morgan fingerprint density at radius 1 is 1.25 bits per heavy atom. The minimum atomic E-state index is -0.564. The van der Waals surface area contributed by atoms with Crippen molar-refractivity contribution in [2.45, 2.75) is 10.6 Å². The van der Waals surface area contributed by atoms with Gasteiger partial charge in [-0.1, -0.05) is 11.6 Å². The largest absolute Gasteiger partial charge is 0.319 e. The van der Waals surface area contributed by atoms with Crippen molar-refractivity contribution in [1.82, 2.24) is 4.98 Å². The Labute approximate surface area is 151 Å². The lowest BCUT2D eigenvalue weighted by molar-refractivity contribution is 0.102. The van der Waals surface area contributed by atoms with E-state index in [9.17, 15) is 9.18 Å². The summed E-state index contributed by atoms with van der Waals surface area (Å²) in [5.41, 5.74) is 3.40. The van der Waals surface area contributed by atoms with Crippen LogP contribution < -0.4 is 5.32 Å². The standard InChI is InChI=1S/C17H12ClFN2OS2/c18-12-3-6-16(15(19)7-12)21-17(22)11-1-4-14(5-2-11)24-9-13-8-23-10-20-13/h1-8,10H,9H2,(H,21,22). The van der Waals surface area contributed by atoms with Crippen LogP contribution in [0.1, 0.15) is 16.1 Å². The Hall–Kier alpha value is -1.89. The van der Waals surface area contributed by atoms with E-state index in [4.69, 9.17) is 11.6 Å². The van der Waals surface area contributed by atoms with Crippen molar-refractivity contribution >= 4 is 46.3 Å². The second-order valence-corrected chi connectivity index (χ2v) is 7.08. The van der Waals surface area contributed by atoms with E-state index in [1.54, 1.807) is 40.7 Å². The summed E-state index contributed by atoms with van der Waals surface area (Å²) < 4.78 is 13.7. The highest BCUT2D eigenvalue weighted by Crippen LogP contribution is 2.24. The number of hydrogen-bond donors (Lipinski definition) is 1. The summed E-state index contributed by atoms with van der Waals surface area (Å²) in [5, 5.41) is 4.83. The number of amides is 1. The number of anilines is 1. The maximum absolute atomic E-state index is 13.7. The first kappa shape index (κ1) is 17.0. The fourth-order valence-corrected chi connectivity index (χ4v) is 3.58. The van der Waals surface area contributed by atoms with Crippen LogP contribution >= 0.6 is 34.7 Å². The van der Waals surface area contributed by atoms with Crippen molar-refractivity contribution in [1.29, 1.82) is 0 Å². The normalized spacial score (nSPS) is 10.6. The third-order valence-corrected chi connectivity index (χ3v) is 5.08. The van der Waals surface area contributed by atoms with Crippen LogP contribution in [0.3, 0.4) is 0 Å². The van der Waals surface area contributed by atoms with Crippen LogP contribution in [0.15, 0.2) is 58.3 Å². The average molecular weight is 379 g/mol. The number of thiazole rings is 1. The fraction of sp³-hybridized carbons (Fsp3) is 0.0588. The summed E-state index contributed by atoms with van der Waals surface area (Å²) in [7, 11) is 0. The van der Waals surface area contributed by atoms with Gasteiger partial charge in [-0.05, 0) is 42.5 Å². The zero-order valence-corrected chi connectivity index (χ0v) is 14.7. The van der Waals surface area contributed by atoms with Gasteiger partial charge >= 0.3 is 0 Å². The van der Waals surface area contributed by atoms with Crippen LogP contribution in [-0.4, -0.2) is 10.9 Å². The number of halogens is 2. The molecular weight excluding hydrogens is 367 g/mol. The zero-order valence-electron chi connectivity index (χ0n) is 12.3. The third kappa shape index (κ3) is 4.35. The third-order valence-electron chi connectivity index (χ3n) is 3.17. The number of rotatable bonds is 5. The molecule has 3 aromatic rings. The Bertz CT molecular complexity index is 838. The molecule has 0 saturated heterocycles. The first-order valence-corrected chi connectivity index (χ1v) is 9.29. The molecule has 0 aliphatic rings. The minimum absolute atomic E-state index is 0.103. The van der Waals surface area contributed by atoms with Gasteiger partial charge in [-0.25, -0.2) is 9.37 Å². The number of nitrogens with zero attached hydrogens (tertiary/aromatic N) is 1. The first-order valence-electron chi connectivity index (χ1n) is 6.98. The highest BCUT2D eigenvalue weighted by atomic mass is 35.5. The van der Waals surface area contributed by atoms with E-state index < -0.39 is 5.82 Å². The lowest BCUT2D eigenvalue weighted by atomic mass is 10.2. The Balaban J connectivity index is 1.63. The molecule has 0 unspecified atom stereocenters. The summed E-state index contributed by atoms with van der Waals surface area (Å²) in [5.74, 6) is -0.149. The van der Waals surface area contributed by atoms with Crippen LogP contribution in [-0.2, 0) is 5.75 Å². The Morgan fingerprint density at radius 2 is 2.04 bits per heavy atom. The molecule has 0 atom stereocenters. The van der Waals surface area contributed by atoms with E-state index in [-0.39, 0.29) is 16.6 Å². The van der Waals surface area contributed by atoms with Gasteiger partial charge in [0, 0.05) is 26.6 Å². The van der Waals surface area contributed by atoms with Gasteiger partial charge in [0.25, 0.3) is 5.91 Å². The number of carbonyl (C=O) groups is 1. The second-order valence-electron chi connectivity index (χ2n) is 4.87. The van der Waals surface area contributed by atoms with E-state index in [1.807, 2.05) is 17.5 Å². The number of hydrogen-bond acceptors (Lipinski definition) is 4. The van der Waals surface area contributed by atoms with Crippen molar-refractivity contribution < 1.29 is 9.18 Å². The maximum Gasteiger partial charge on any atom is 0.255 e. The molecule has 0 spiro atoms. The lowest BCUT2D eigenvalue weighted by Crippen LogP contribution is -2.12. The fourth-order valence-electron chi connectivity index (χ4n) is 1.95. The molecule has 3 nitrogen and oxygen atoms in total. The quantitative estimate of drug-likeness (QED) is 0.597. The number of aromatic nitrogens is 1. The van der Waals surface area contributed by atoms with Crippen molar-refractivity contribution in [2.24, 2.45) is 0 Å². The zero-order chi connectivity index (χ0) is 16.9. The van der Waals surface area contributed by atoms with Gasteiger partial charge in [0.1, 0.15) is 5.82 Å². The molecule has 2 aromatic carbocycles. The van der Waals surface area contributed by atoms with Gasteiger partial charge in [-0.2, -0.15) is 0 Å². The Morgan fingerprint density at radius 3 is 2.71 bits per heavy atom. The smallest absolute Gasteiger partial charge is 0.255 e. The average Bonchev–Trinajstić information content (AvgIpc) is 3.09. The van der Waals surface area contributed by atoms with Crippen molar-refractivity contribution in [2.75, 3.05) is 5.32 Å². The second kappa shape index (κ2) is 7.79. The molecule has 0 aliphatic carbocycles. The van der Waals surface area contributed by atoms with E-state index >= 15 is 0 Å². The van der Waals surface area contributed by atoms with Gasteiger partial charge in [0.05, 0.1) is 16.9 Å². The molecule has 0 radical (unpaired) electrons. The molecule has 0 aliphatic heterocycles. The maximum atomic E-state index is 13.7. The van der Waals surface area contributed by atoms with Gasteiger partial charge in [0.2, 0.25) is 0 Å². The summed E-state index contributed by atoms with van der Waals surface area (Å²) in [6.07, 6.45) is 0. The number of thioether (sulfide) groups is 1. The molecule has 24 heavy (non-hydrogen) atoms. The van der Waals surface area contributed by atoms with Crippen molar-refractivity contribution in [3.05, 3.63) is 75.5 Å². The molecule has 1 N–H and O–H groups in total. The van der Waals surface area contributed by atoms with Crippen LogP contribution in [0.5, 0.6) is 0 Å².